The lowest BCUT2D eigenvalue weighted by Gasteiger charge is -2.39. The van der Waals surface area contributed by atoms with Crippen LogP contribution in [0.1, 0.15) is 91.9 Å². The monoisotopic (exact) mass is 741 g/mol. The molecular weight excluding hydrogens is 683 g/mol. The molecule has 0 aromatic rings. The number of fused-ring (bicyclic) bond motifs is 2. The van der Waals surface area contributed by atoms with Crippen LogP contribution in [0.2, 0.25) is 0 Å². The summed E-state index contributed by atoms with van der Waals surface area (Å²) in [7, 11) is 0. The first-order valence-corrected chi connectivity index (χ1v) is 20.0. The summed E-state index contributed by atoms with van der Waals surface area (Å²) < 4.78 is 51.8. The van der Waals surface area contributed by atoms with E-state index >= 15 is 4.39 Å². The van der Waals surface area contributed by atoms with Gasteiger partial charge in [0.05, 0.1) is 30.6 Å². The van der Waals surface area contributed by atoms with E-state index in [1.54, 1.807) is 11.2 Å². The zero-order valence-electron chi connectivity index (χ0n) is 31.6. The molecule has 12 unspecified atom stereocenters. The number of carbonyl (C=O) groups is 1. The molecule has 9 nitrogen and oxygen atoms in total. The Morgan fingerprint density at radius 3 is 2.70 bits per heavy atom. The van der Waals surface area contributed by atoms with Gasteiger partial charge in [-0.3, -0.25) is 19.7 Å². The first-order valence-electron chi connectivity index (χ1n) is 20.0. The number of aliphatic hydroxyl groups excluding tert-OH is 2. The van der Waals surface area contributed by atoms with Crippen LogP contribution >= 0.6 is 0 Å². The van der Waals surface area contributed by atoms with Gasteiger partial charge in [0.2, 0.25) is 12.3 Å². The summed E-state index contributed by atoms with van der Waals surface area (Å²) in [5, 5.41) is 25.6. The Morgan fingerprint density at radius 1 is 1.17 bits per heavy atom. The average Bonchev–Trinajstić information content (AvgIpc) is 3.78. The van der Waals surface area contributed by atoms with Gasteiger partial charge in [0, 0.05) is 43.2 Å². The molecule has 0 aromatic heterocycles. The number of halogens is 3. The molecule has 292 valence electrons. The molecule has 53 heavy (non-hydrogen) atoms. The van der Waals surface area contributed by atoms with Gasteiger partial charge in [-0.15, -0.1) is 0 Å². The zero-order chi connectivity index (χ0) is 37.6. The van der Waals surface area contributed by atoms with Gasteiger partial charge in [0.25, 0.3) is 0 Å². The highest BCUT2D eigenvalue weighted by Gasteiger charge is 2.55. The number of likely N-dealkylation sites (tertiary alicyclic amines) is 1. The van der Waals surface area contributed by atoms with Crippen LogP contribution in [0.3, 0.4) is 0 Å². The largest absolute Gasteiger partial charge is 0.378 e. The van der Waals surface area contributed by atoms with Gasteiger partial charge < -0.3 is 25.2 Å². The molecule has 13 atom stereocenters. The van der Waals surface area contributed by atoms with E-state index in [0.29, 0.717) is 38.1 Å². The molecule has 3 N–H and O–H groups in total. The van der Waals surface area contributed by atoms with Gasteiger partial charge in [-0.2, -0.15) is 0 Å². The van der Waals surface area contributed by atoms with Crippen molar-refractivity contribution in [3.05, 3.63) is 23.3 Å². The van der Waals surface area contributed by atoms with E-state index in [4.69, 9.17) is 9.73 Å². The Kier molecular flexibility index (Phi) is 11.5. The SMILES string of the molecule is CC1CC(C2=CC3C(CN(C(C(=O)NC4=NCCC#C4)C4N=CN5CCCC45)C3O)C(C(F)F)C2)CC=C1C1CCCC(C(O)OC(C)(C)C)C[C@H]1F. The van der Waals surface area contributed by atoms with Gasteiger partial charge >= 0.3 is 0 Å². The topological polar surface area (TPSA) is 110 Å². The Morgan fingerprint density at radius 2 is 1.98 bits per heavy atom. The number of allylic oxidation sites excluding steroid dienone is 3. The fourth-order valence-corrected chi connectivity index (χ4v) is 10.6. The van der Waals surface area contributed by atoms with E-state index in [9.17, 15) is 23.8 Å². The maximum atomic E-state index is 16.0. The third-order valence-electron chi connectivity index (χ3n) is 13.1. The summed E-state index contributed by atoms with van der Waals surface area (Å²) in [5.74, 6) is 3.38. The second kappa shape index (κ2) is 15.8. The Bertz CT molecular complexity index is 1550. The van der Waals surface area contributed by atoms with Crippen LogP contribution in [-0.2, 0) is 9.53 Å². The minimum Gasteiger partial charge on any atom is -0.378 e. The molecule has 4 aliphatic heterocycles. The minimum absolute atomic E-state index is 0.00631. The van der Waals surface area contributed by atoms with Gasteiger partial charge in [-0.25, -0.2) is 13.2 Å². The fourth-order valence-electron chi connectivity index (χ4n) is 10.6. The van der Waals surface area contributed by atoms with Gasteiger partial charge in [-0.05, 0) is 95.8 Å². The number of carbonyl (C=O) groups excluding carboxylic acids is 1. The summed E-state index contributed by atoms with van der Waals surface area (Å²) in [6, 6.07) is -1.31. The summed E-state index contributed by atoms with van der Waals surface area (Å²) in [4.78, 5) is 27.1. The first-order chi connectivity index (χ1) is 25.3. The van der Waals surface area contributed by atoms with Crippen molar-refractivity contribution in [3.63, 3.8) is 0 Å². The number of nitrogens with zero attached hydrogens (tertiary/aromatic N) is 4. The molecule has 7 aliphatic rings. The van der Waals surface area contributed by atoms with Crippen molar-refractivity contribution in [2.75, 3.05) is 19.6 Å². The van der Waals surface area contributed by atoms with Crippen molar-refractivity contribution >= 4 is 18.1 Å². The Balaban J connectivity index is 1.09. The number of ether oxygens (including phenoxy) is 1. The normalized spacial score (nSPS) is 38.6. The van der Waals surface area contributed by atoms with Crippen molar-refractivity contribution in [1.29, 1.82) is 0 Å². The molecule has 1 saturated carbocycles. The van der Waals surface area contributed by atoms with Gasteiger partial charge in [0.1, 0.15) is 18.4 Å². The quantitative estimate of drug-likeness (QED) is 0.132. The van der Waals surface area contributed by atoms with Crippen LogP contribution in [0.5, 0.6) is 0 Å². The van der Waals surface area contributed by atoms with E-state index in [1.165, 1.54) is 0 Å². The van der Waals surface area contributed by atoms with Crippen molar-refractivity contribution in [3.8, 4) is 11.8 Å². The van der Waals surface area contributed by atoms with Crippen molar-refractivity contribution < 1.29 is 32.9 Å². The maximum Gasteiger partial charge on any atom is 0.245 e. The standard InChI is InChI=1S/C41H58F3N5O4/c1-23-17-24(13-14-27(23)28-10-7-9-25(20-32(28)42)40(52)53-41(2,3)4)26-18-29(37(43)44)31-21-49(39(51)30(31)19-26)36(35-33-11-8-16-48(33)22-46-35)38(50)47-34-12-5-6-15-45-34/h14,19,22-25,28-33,35-37,39-40,51-52H,6-11,13,15-18,20-21H2,1-4H3,(H,45,47,50)/t23?,24?,25?,28?,29?,30?,31?,32-,33?,35?,36?,39?,40?/m1/s1. The van der Waals surface area contributed by atoms with E-state index < -0.39 is 60.6 Å². The number of hydrogen-bond donors (Lipinski definition) is 3. The average molecular weight is 742 g/mol. The van der Waals surface area contributed by atoms with Crippen molar-refractivity contribution in [2.45, 2.75) is 141 Å². The molecule has 0 bridgehead atoms. The molecule has 3 fully saturated rings. The highest BCUT2D eigenvalue weighted by Crippen LogP contribution is 2.50. The fraction of sp³-hybridized carbons (Fsp3) is 0.780. The van der Waals surface area contributed by atoms with Crippen LogP contribution in [0, 0.1) is 53.3 Å². The molecular formula is C41H58F3N5O4. The van der Waals surface area contributed by atoms with E-state index in [1.807, 2.05) is 26.8 Å². The van der Waals surface area contributed by atoms with Crippen LogP contribution in [-0.4, -0.2) is 107 Å². The number of rotatable bonds is 8. The molecule has 2 saturated heterocycles. The Hall–Kier alpha value is -2.72. The number of nitrogens with one attached hydrogen (secondary N) is 1. The number of aliphatic hydroxyl groups is 2. The number of amides is 1. The summed E-state index contributed by atoms with van der Waals surface area (Å²) in [6.45, 7) is 9.29. The molecule has 12 heteroatoms. The van der Waals surface area contributed by atoms with Crippen molar-refractivity contribution in [2.24, 2.45) is 51.4 Å². The van der Waals surface area contributed by atoms with Crippen LogP contribution in [0.15, 0.2) is 33.3 Å². The molecule has 7 rings (SSSR count). The number of amidine groups is 1. The van der Waals surface area contributed by atoms with Crippen LogP contribution in [0.25, 0.3) is 0 Å². The van der Waals surface area contributed by atoms with E-state index in [0.717, 1.165) is 43.4 Å². The lowest BCUT2D eigenvalue weighted by molar-refractivity contribution is -0.195. The van der Waals surface area contributed by atoms with E-state index in [-0.39, 0.29) is 55.0 Å². The van der Waals surface area contributed by atoms with E-state index in [2.05, 4.69) is 40.0 Å². The summed E-state index contributed by atoms with van der Waals surface area (Å²) >= 11 is 0. The predicted molar refractivity (Wildman–Crippen MR) is 198 cm³/mol. The second-order valence-corrected chi connectivity index (χ2v) is 17.7. The number of aliphatic imine (C=N–C) groups is 2. The maximum absolute atomic E-state index is 16.0. The molecule has 0 spiro atoms. The third-order valence-corrected chi connectivity index (χ3v) is 13.1. The summed E-state index contributed by atoms with van der Waals surface area (Å²) in [5.41, 5.74) is 1.52. The molecule has 0 aromatic carbocycles. The summed E-state index contributed by atoms with van der Waals surface area (Å²) in [6.07, 6.45) is 6.74. The van der Waals surface area contributed by atoms with Gasteiger partial charge in [0.15, 0.2) is 12.1 Å². The molecule has 0 radical (unpaired) electrons. The Labute approximate surface area is 312 Å². The first kappa shape index (κ1) is 38.6. The number of hydrogen-bond acceptors (Lipinski definition) is 8. The zero-order valence-corrected chi connectivity index (χ0v) is 31.6. The molecule has 4 heterocycles. The third kappa shape index (κ3) is 8.15. The highest BCUT2D eigenvalue weighted by molar-refractivity contribution is 6.09. The predicted octanol–water partition coefficient (Wildman–Crippen LogP) is 5.48. The van der Waals surface area contributed by atoms with Crippen molar-refractivity contribution in [1.82, 2.24) is 15.1 Å². The smallest absolute Gasteiger partial charge is 0.245 e. The second-order valence-electron chi connectivity index (χ2n) is 17.7. The molecule has 1 amide bonds. The van der Waals surface area contributed by atoms with Gasteiger partial charge in [-0.1, -0.05) is 42.6 Å². The lowest BCUT2D eigenvalue weighted by atomic mass is 9.67. The van der Waals surface area contributed by atoms with Crippen LogP contribution < -0.4 is 5.32 Å². The minimum atomic E-state index is -2.58. The highest BCUT2D eigenvalue weighted by atomic mass is 19.3. The lowest BCUT2D eigenvalue weighted by Crippen LogP contribution is -2.58. The molecule has 3 aliphatic carbocycles. The van der Waals surface area contributed by atoms with Crippen LogP contribution in [0.4, 0.5) is 13.2 Å². The number of alkyl halides is 3.